The molecule has 0 aliphatic carbocycles. The Morgan fingerprint density at radius 2 is 1.79 bits per heavy atom. The first-order valence-corrected chi connectivity index (χ1v) is 11.4. The van der Waals surface area contributed by atoms with Crippen molar-refractivity contribution in [3.8, 4) is 0 Å². The van der Waals surface area contributed by atoms with E-state index >= 15 is 0 Å². The SMILES string of the molecule is Cc1ccc(CCC(=O)N2CCCN(S(=O)(=O)c3ccc(F)cc3)CC2)cc1Cl. The summed E-state index contributed by atoms with van der Waals surface area (Å²) in [5, 5.41) is 0.686. The fraction of sp³-hybridized carbons (Fsp3) is 0.381. The van der Waals surface area contributed by atoms with Crippen LogP contribution in [0.25, 0.3) is 0 Å². The molecule has 1 saturated heterocycles. The summed E-state index contributed by atoms with van der Waals surface area (Å²) in [6.45, 7) is 3.34. The lowest BCUT2D eigenvalue weighted by atomic mass is 10.1. The number of aryl methyl sites for hydroxylation is 2. The Morgan fingerprint density at radius 3 is 2.48 bits per heavy atom. The number of hydrogen-bond donors (Lipinski definition) is 0. The Kier molecular flexibility index (Phi) is 6.93. The number of nitrogens with zero attached hydrogens (tertiary/aromatic N) is 2. The van der Waals surface area contributed by atoms with Gasteiger partial charge in [-0.05, 0) is 61.2 Å². The predicted molar refractivity (Wildman–Crippen MR) is 111 cm³/mol. The Balaban J connectivity index is 1.59. The fourth-order valence-electron chi connectivity index (χ4n) is 3.34. The third-order valence-corrected chi connectivity index (χ3v) is 7.44. The number of benzene rings is 2. The first kappa shape index (κ1) is 21.7. The Hall–Kier alpha value is -1.96. The number of sulfonamides is 1. The lowest BCUT2D eigenvalue weighted by molar-refractivity contribution is -0.131. The van der Waals surface area contributed by atoms with E-state index in [0.717, 1.165) is 23.3 Å². The van der Waals surface area contributed by atoms with Crippen LogP contribution in [-0.4, -0.2) is 49.7 Å². The average Bonchev–Trinajstić information content (AvgIpc) is 2.96. The van der Waals surface area contributed by atoms with E-state index in [2.05, 4.69) is 0 Å². The van der Waals surface area contributed by atoms with Gasteiger partial charge in [-0.25, -0.2) is 12.8 Å². The molecule has 0 saturated carbocycles. The largest absolute Gasteiger partial charge is 0.341 e. The Morgan fingerprint density at radius 1 is 1.07 bits per heavy atom. The van der Waals surface area contributed by atoms with Crippen molar-refractivity contribution in [1.29, 1.82) is 0 Å². The lowest BCUT2D eigenvalue weighted by Crippen LogP contribution is -2.37. The van der Waals surface area contributed by atoms with E-state index in [1.165, 1.54) is 16.4 Å². The predicted octanol–water partition coefficient (Wildman–Crippen LogP) is 3.64. The lowest BCUT2D eigenvalue weighted by Gasteiger charge is -2.22. The maximum Gasteiger partial charge on any atom is 0.243 e. The van der Waals surface area contributed by atoms with Crippen LogP contribution in [0.5, 0.6) is 0 Å². The van der Waals surface area contributed by atoms with E-state index in [1.807, 2.05) is 25.1 Å². The van der Waals surface area contributed by atoms with Crippen LogP contribution in [0.15, 0.2) is 47.4 Å². The summed E-state index contributed by atoms with van der Waals surface area (Å²) in [6.07, 6.45) is 1.50. The summed E-state index contributed by atoms with van der Waals surface area (Å²) in [5.74, 6) is -0.478. The van der Waals surface area contributed by atoms with Gasteiger partial charge in [-0.3, -0.25) is 4.79 Å². The maximum atomic E-state index is 13.1. The normalized spacial score (nSPS) is 15.9. The van der Waals surface area contributed by atoms with E-state index < -0.39 is 15.8 Å². The van der Waals surface area contributed by atoms with Crippen molar-refractivity contribution in [3.63, 3.8) is 0 Å². The molecule has 1 amide bonds. The highest BCUT2D eigenvalue weighted by Crippen LogP contribution is 2.20. The van der Waals surface area contributed by atoms with Crippen molar-refractivity contribution < 1.29 is 17.6 Å². The van der Waals surface area contributed by atoms with Gasteiger partial charge in [0.2, 0.25) is 15.9 Å². The average molecular weight is 439 g/mol. The number of hydrogen-bond acceptors (Lipinski definition) is 3. The van der Waals surface area contributed by atoms with Crippen LogP contribution in [-0.2, 0) is 21.2 Å². The molecule has 1 fully saturated rings. The van der Waals surface area contributed by atoms with Crippen molar-refractivity contribution in [2.24, 2.45) is 0 Å². The van der Waals surface area contributed by atoms with Gasteiger partial charge >= 0.3 is 0 Å². The van der Waals surface area contributed by atoms with Crippen molar-refractivity contribution in [3.05, 3.63) is 64.4 Å². The molecule has 0 N–H and O–H groups in total. The topological polar surface area (TPSA) is 57.7 Å². The van der Waals surface area contributed by atoms with Gasteiger partial charge in [-0.1, -0.05) is 23.7 Å². The molecule has 8 heteroatoms. The van der Waals surface area contributed by atoms with Crippen LogP contribution < -0.4 is 0 Å². The van der Waals surface area contributed by atoms with E-state index in [9.17, 15) is 17.6 Å². The highest BCUT2D eigenvalue weighted by Gasteiger charge is 2.28. The first-order valence-electron chi connectivity index (χ1n) is 9.56. The second-order valence-electron chi connectivity index (χ2n) is 7.18. The zero-order valence-corrected chi connectivity index (χ0v) is 17.8. The number of rotatable bonds is 5. The maximum absolute atomic E-state index is 13.1. The minimum absolute atomic E-state index is 0.00253. The summed E-state index contributed by atoms with van der Waals surface area (Å²) >= 11 is 6.14. The van der Waals surface area contributed by atoms with Gasteiger partial charge in [-0.2, -0.15) is 4.31 Å². The second kappa shape index (κ2) is 9.24. The van der Waals surface area contributed by atoms with Crippen LogP contribution in [0.1, 0.15) is 24.0 Å². The van der Waals surface area contributed by atoms with Crippen LogP contribution >= 0.6 is 11.6 Å². The number of amides is 1. The molecule has 0 aromatic heterocycles. The van der Waals surface area contributed by atoms with Gasteiger partial charge in [0.25, 0.3) is 0 Å². The van der Waals surface area contributed by atoms with E-state index in [1.54, 1.807) is 4.90 Å². The Labute approximate surface area is 176 Å². The smallest absolute Gasteiger partial charge is 0.243 e. The monoisotopic (exact) mass is 438 g/mol. The summed E-state index contributed by atoms with van der Waals surface area (Å²) in [5.41, 5.74) is 2.00. The molecule has 0 spiro atoms. The molecule has 0 bridgehead atoms. The summed E-state index contributed by atoms with van der Waals surface area (Å²) in [6, 6.07) is 10.6. The molecular weight excluding hydrogens is 415 g/mol. The highest BCUT2D eigenvalue weighted by atomic mass is 35.5. The van der Waals surface area contributed by atoms with Crippen molar-refractivity contribution in [2.75, 3.05) is 26.2 Å². The van der Waals surface area contributed by atoms with Crippen LogP contribution in [0.4, 0.5) is 4.39 Å². The van der Waals surface area contributed by atoms with Gasteiger partial charge in [0, 0.05) is 37.6 Å². The zero-order chi connectivity index (χ0) is 21.0. The van der Waals surface area contributed by atoms with Crippen molar-refractivity contribution >= 4 is 27.5 Å². The first-order chi connectivity index (χ1) is 13.8. The Bertz CT molecular complexity index is 980. The molecule has 29 heavy (non-hydrogen) atoms. The minimum Gasteiger partial charge on any atom is -0.341 e. The minimum atomic E-state index is -3.70. The fourth-order valence-corrected chi connectivity index (χ4v) is 5.01. The van der Waals surface area contributed by atoms with Crippen LogP contribution in [0, 0.1) is 12.7 Å². The van der Waals surface area contributed by atoms with Gasteiger partial charge < -0.3 is 4.90 Å². The zero-order valence-electron chi connectivity index (χ0n) is 16.3. The quantitative estimate of drug-likeness (QED) is 0.716. The second-order valence-corrected chi connectivity index (χ2v) is 9.52. The molecule has 2 aromatic rings. The van der Waals surface area contributed by atoms with E-state index in [0.29, 0.717) is 43.9 Å². The van der Waals surface area contributed by atoms with Gasteiger partial charge in [-0.15, -0.1) is 0 Å². The molecule has 1 aliphatic heterocycles. The highest BCUT2D eigenvalue weighted by molar-refractivity contribution is 7.89. The third kappa shape index (κ3) is 5.35. The summed E-state index contributed by atoms with van der Waals surface area (Å²) < 4.78 is 40.0. The molecule has 156 valence electrons. The molecule has 0 unspecified atom stereocenters. The molecule has 5 nitrogen and oxygen atoms in total. The van der Waals surface area contributed by atoms with E-state index in [4.69, 9.17) is 11.6 Å². The van der Waals surface area contributed by atoms with Gasteiger partial charge in [0.15, 0.2) is 0 Å². The number of carbonyl (C=O) groups is 1. The molecule has 0 atom stereocenters. The van der Waals surface area contributed by atoms with Crippen molar-refractivity contribution in [2.45, 2.75) is 31.1 Å². The number of halogens is 2. The molecular formula is C21H24ClFN2O3S. The standard InChI is InChI=1S/C21H24ClFN2O3S/c1-16-3-4-17(15-20(16)22)5-10-21(26)24-11-2-12-25(14-13-24)29(27,28)19-8-6-18(23)7-9-19/h3-4,6-9,15H,2,5,10-14H2,1H3. The molecule has 0 radical (unpaired) electrons. The third-order valence-electron chi connectivity index (χ3n) is 5.12. The van der Waals surface area contributed by atoms with Crippen LogP contribution in [0.2, 0.25) is 5.02 Å². The molecule has 1 heterocycles. The molecule has 2 aromatic carbocycles. The van der Waals surface area contributed by atoms with Gasteiger partial charge in [0.1, 0.15) is 5.82 Å². The summed E-state index contributed by atoms with van der Waals surface area (Å²) in [4.78, 5) is 14.4. The molecule has 3 rings (SSSR count). The van der Waals surface area contributed by atoms with Crippen molar-refractivity contribution in [1.82, 2.24) is 9.21 Å². The summed E-state index contributed by atoms with van der Waals surface area (Å²) in [7, 11) is -3.70. The van der Waals surface area contributed by atoms with Gasteiger partial charge in [0.05, 0.1) is 4.90 Å². The van der Waals surface area contributed by atoms with E-state index in [-0.39, 0.29) is 17.3 Å². The van der Waals surface area contributed by atoms with Crippen LogP contribution in [0.3, 0.4) is 0 Å². The number of carbonyl (C=O) groups excluding carboxylic acids is 1. The molecule has 1 aliphatic rings.